The predicted molar refractivity (Wildman–Crippen MR) is 112 cm³/mol. The number of aromatic nitrogens is 2. The van der Waals surface area contributed by atoms with E-state index < -0.39 is 0 Å². The topological polar surface area (TPSA) is 79.3 Å². The molecule has 6 nitrogen and oxygen atoms in total. The van der Waals surface area contributed by atoms with E-state index in [1.807, 2.05) is 32.2 Å². The molecule has 3 heterocycles. The molecule has 0 aromatic carbocycles. The van der Waals surface area contributed by atoms with Gasteiger partial charge in [0.15, 0.2) is 12.4 Å². The van der Waals surface area contributed by atoms with Gasteiger partial charge in [0.1, 0.15) is 11.4 Å². The molecule has 3 rings (SSSR count). The van der Waals surface area contributed by atoms with Gasteiger partial charge in [-0.2, -0.15) is 0 Å². The van der Waals surface area contributed by atoms with Crippen LogP contribution < -0.4 is 15.8 Å². The molecule has 3 aromatic heterocycles. The number of rotatable bonds is 7. The Labute approximate surface area is 166 Å². The van der Waals surface area contributed by atoms with Crippen molar-refractivity contribution in [2.75, 3.05) is 13.1 Å². The average molecular weight is 406 g/mol. The van der Waals surface area contributed by atoms with Gasteiger partial charge in [-0.1, -0.05) is 0 Å². The van der Waals surface area contributed by atoms with Gasteiger partial charge < -0.3 is 15.2 Å². The summed E-state index contributed by atoms with van der Waals surface area (Å²) in [5, 5.41) is 5.57. The van der Waals surface area contributed by atoms with Crippen molar-refractivity contribution in [3.8, 4) is 10.4 Å². The van der Waals surface area contributed by atoms with Crippen LogP contribution in [0.3, 0.4) is 0 Å². The third kappa shape index (κ3) is 4.63. The summed E-state index contributed by atoms with van der Waals surface area (Å²) in [4.78, 5) is 36.5. The van der Waals surface area contributed by atoms with Crippen LogP contribution in [0.2, 0.25) is 0 Å². The maximum Gasteiger partial charge on any atom is 0.275 e. The molecule has 0 spiro atoms. The highest BCUT2D eigenvalue weighted by molar-refractivity contribution is 7.19. The van der Waals surface area contributed by atoms with Crippen molar-refractivity contribution in [3.05, 3.63) is 38.6 Å². The Morgan fingerprint density at radius 1 is 1.37 bits per heavy atom. The van der Waals surface area contributed by atoms with E-state index in [1.165, 1.54) is 16.2 Å². The van der Waals surface area contributed by atoms with Crippen LogP contribution in [0.25, 0.3) is 20.7 Å². The van der Waals surface area contributed by atoms with Crippen molar-refractivity contribution in [1.82, 2.24) is 15.3 Å². The highest BCUT2D eigenvalue weighted by Gasteiger charge is 2.18. The van der Waals surface area contributed by atoms with E-state index in [-0.39, 0.29) is 17.5 Å². The zero-order valence-electron chi connectivity index (χ0n) is 16.0. The highest BCUT2D eigenvalue weighted by Crippen LogP contribution is 2.34. The van der Waals surface area contributed by atoms with Crippen molar-refractivity contribution < 1.29 is 9.69 Å². The molecule has 27 heavy (non-hydrogen) atoms. The zero-order chi connectivity index (χ0) is 19.6. The Bertz CT molecular complexity index is 1000. The number of quaternary nitrogens is 1. The second-order valence-electron chi connectivity index (χ2n) is 6.93. The van der Waals surface area contributed by atoms with Crippen molar-refractivity contribution in [2.45, 2.75) is 40.3 Å². The van der Waals surface area contributed by atoms with Crippen LogP contribution in [-0.4, -0.2) is 35.0 Å². The summed E-state index contributed by atoms with van der Waals surface area (Å²) in [6.07, 6.45) is 0. The molecule has 0 radical (unpaired) electrons. The molecule has 1 amide bonds. The first kappa shape index (κ1) is 19.7. The standard InChI is InChI=1S/C19H24N4O2S2/c1-5-23(9-16(24)20-11(2)3)8-15-21-18(25)17-13(10-26-19(17)22-15)14-7-6-12(4)27-14/h6-7,10-11H,5,8-9H2,1-4H3,(H,20,24)(H,21,22,25)/p+1. The molecule has 8 heteroatoms. The van der Waals surface area contributed by atoms with E-state index in [1.54, 1.807) is 11.3 Å². The van der Waals surface area contributed by atoms with Crippen LogP contribution in [0.5, 0.6) is 0 Å². The number of nitrogens with one attached hydrogen (secondary N) is 3. The van der Waals surface area contributed by atoms with Gasteiger partial charge in [0.25, 0.3) is 11.5 Å². The SMILES string of the molecule is CC[NH+](CC(=O)NC(C)C)Cc1nc2scc(-c3ccc(C)s3)c2c(=O)[nH]1. The number of amides is 1. The molecule has 1 unspecified atom stereocenters. The minimum atomic E-state index is -0.112. The summed E-state index contributed by atoms with van der Waals surface area (Å²) in [5.74, 6) is 0.634. The largest absolute Gasteiger partial charge is 0.349 e. The number of likely N-dealkylation sites (N-methyl/N-ethyl adjacent to an activating group) is 1. The summed E-state index contributed by atoms with van der Waals surface area (Å²) in [6, 6.07) is 4.23. The number of hydrogen-bond acceptors (Lipinski definition) is 5. The Balaban J connectivity index is 1.84. The van der Waals surface area contributed by atoms with E-state index in [2.05, 4.69) is 28.3 Å². The van der Waals surface area contributed by atoms with E-state index in [9.17, 15) is 9.59 Å². The first-order valence-corrected chi connectivity index (χ1v) is 10.8. The number of carbonyl (C=O) groups is 1. The minimum absolute atomic E-state index is 0.0109. The van der Waals surface area contributed by atoms with Crippen LogP contribution >= 0.6 is 22.7 Å². The maximum atomic E-state index is 12.7. The molecule has 3 N–H and O–H groups in total. The number of carbonyl (C=O) groups excluding carboxylic acids is 1. The molecule has 0 fully saturated rings. The van der Waals surface area contributed by atoms with E-state index >= 15 is 0 Å². The molecule has 0 saturated heterocycles. The fraction of sp³-hybridized carbons (Fsp3) is 0.421. The lowest BCUT2D eigenvalue weighted by atomic mass is 10.2. The number of H-pyrrole nitrogens is 1. The molecule has 3 aromatic rings. The van der Waals surface area contributed by atoms with E-state index in [0.717, 1.165) is 26.7 Å². The zero-order valence-corrected chi connectivity index (χ0v) is 17.6. The lowest BCUT2D eigenvalue weighted by molar-refractivity contribution is -0.904. The van der Waals surface area contributed by atoms with Gasteiger partial charge in [-0.3, -0.25) is 9.59 Å². The average Bonchev–Trinajstić information content (AvgIpc) is 3.19. The number of thiophene rings is 2. The van der Waals surface area contributed by atoms with E-state index in [4.69, 9.17) is 0 Å². The summed E-state index contributed by atoms with van der Waals surface area (Å²) in [7, 11) is 0. The fourth-order valence-electron chi connectivity index (χ4n) is 2.99. The number of fused-ring (bicyclic) bond motifs is 1. The lowest BCUT2D eigenvalue weighted by Gasteiger charge is -2.17. The van der Waals surface area contributed by atoms with Crippen LogP contribution in [0.1, 0.15) is 31.5 Å². The summed E-state index contributed by atoms with van der Waals surface area (Å²) in [5.41, 5.74) is 0.837. The van der Waals surface area contributed by atoms with Gasteiger partial charge in [0.2, 0.25) is 0 Å². The Morgan fingerprint density at radius 3 is 2.78 bits per heavy atom. The molecular formula is C19H25N4O2S2+. The maximum absolute atomic E-state index is 12.7. The summed E-state index contributed by atoms with van der Waals surface area (Å²) >= 11 is 3.17. The van der Waals surface area contributed by atoms with Gasteiger partial charge in [-0.25, -0.2) is 4.98 Å². The molecule has 0 saturated carbocycles. The van der Waals surface area contributed by atoms with Crippen molar-refractivity contribution >= 4 is 38.8 Å². The predicted octanol–water partition coefficient (Wildman–Crippen LogP) is 1.95. The number of hydrogen-bond donors (Lipinski definition) is 3. The smallest absolute Gasteiger partial charge is 0.275 e. The molecule has 0 bridgehead atoms. The monoisotopic (exact) mass is 405 g/mol. The van der Waals surface area contributed by atoms with Crippen LogP contribution in [0.4, 0.5) is 0 Å². The van der Waals surface area contributed by atoms with E-state index in [0.29, 0.717) is 24.3 Å². The molecule has 0 aliphatic rings. The molecule has 0 aliphatic carbocycles. The third-order valence-electron chi connectivity index (χ3n) is 4.28. The van der Waals surface area contributed by atoms with Gasteiger partial charge in [-0.05, 0) is 39.8 Å². The quantitative estimate of drug-likeness (QED) is 0.562. The van der Waals surface area contributed by atoms with Crippen LogP contribution in [-0.2, 0) is 11.3 Å². The number of aryl methyl sites for hydroxylation is 1. The van der Waals surface area contributed by atoms with Gasteiger partial charge in [0, 0.05) is 26.7 Å². The first-order chi connectivity index (χ1) is 12.9. The van der Waals surface area contributed by atoms with Gasteiger partial charge in [-0.15, -0.1) is 22.7 Å². The molecule has 144 valence electrons. The highest BCUT2D eigenvalue weighted by atomic mass is 32.1. The van der Waals surface area contributed by atoms with Crippen molar-refractivity contribution in [2.24, 2.45) is 0 Å². The second kappa shape index (κ2) is 8.33. The Morgan fingerprint density at radius 2 is 2.15 bits per heavy atom. The lowest BCUT2D eigenvalue weighted by Crippen LogP contribution is -3.11. The van der Waals surface area contributed by atoms with Crippen molar-refractivity contribution in [1.29, 1.82) is 0 Å². The van der Waals surface area contributed by atoms with Gasteiger partial charge >= 0.3 is 0 Å². The minimum Gasteiger partial charge on any atom is -0.349 e. The van der Waals surface area contributed by atoms with Crippen LogP contribution in [0, 0.1) is 6.92 Å². The van der Waals surface area contributed by atoms with Crippen LogP contribution in [0.15, 0.2) is 22.3 Å². The van der Waals surface area contributed by atoms with Gasteiger partial charge in [0.05, 0.1) is 11.9 Å². The molecular weight excluding hydrogens is 380 g/mol. The summed E-state index contributed by atoms with van der Waals surface area (Å²) < 4.78 is 0. The normalized spacial score (nSPS) is 12.6. The number of nitrogens with zero attached hydrogens (tertiary/aromatic N) is 1. The van der Waals surface area contributed by atoms with Crippen molar-refractivity contribution in [3.63, 3.8) is 0 Å². The molecule has 0 aliphatic heterocycles. The Hall–Kier alpha value is -2.03. The molecule has 1 atom stereocenters. The summed E-state index contributed by atoms with van der Waals surface area (Å²) in [6.45, 7) is 9.62. The Kier molecular flexibility index (Phi) is 6.08. The third-order valence-corrected chi connectivity index (χ3v) is 6.18. The fourth-order valence-corrected chi connectivity index (χ4v) is 4.91. The number of aromatic amines is 1. The first-order valence-electron chi connectivity index (χ1n) is 9.07. The second-order valence-corrected chi connectivity index (χ2v) is 9.08.